The average molecular weight is 468 g/mol. The van der Waals surface area contributed by atoms with Gasteiger partial charge in [-0.15, -0.1) is 11.3 Å². The van der Waals surface area contributed by atoms with Crippen molar-refractivity contribution in [3.8, 4) is 5.75 Å². The fourth-order valence-electron chi connectivity index (χ4n) is 3.83. The monoisotopic (exact) mass is 467 g/mol. The first-order chi connectivity index (χ1) is 16.0. The number of carbonyl (C=O) groups is 2. The minimum Gasteiger partial charge on any atom is -0.486 e. The van der Waals surface area contributed by atoms with Crippen LogP contribution in [0, 0.1) is 12.7 Å². The van der Waals surface area contributed by atoms with Crippen molar-refractivity contribution < 1.29 is 18.7 Å². The molecule has 0 bridgehead atoms. The van der Waals surface area contributed by atoms with E-state index < -0.39 is 0 Å². The van der Waals surface area contributed by atoms with Gasteiger partial charge in [0.1, 0.15) is 28.9 Å². The molecule has 1 heterocycles. The number of hydrogen-bond acceptors (Lipinski definition) is 5. The molecule has 0 unspecified atom stereocenters. The van der Waals surface area contributed by atoms with Gasteiger partial charge in [0.15, 0.2) is 0 Å². The molecule has 2 aromatic carbocycles. The van der Waals surface area contributed by atoms with E-state index in [4.69, 9.17) is 4.74 Å². The van der Waals surface area contributed by atoms with Crippen molar-refractivity contribution in [2.45, 2.75) is 51.3 Å². The summed E-state index contributed by atoms with van der Waals surface area (Å²) in [5, 5.41) is 8.46. The van der Waals surface area contributed by atoms with Crippen LogP contribution >= 0.6 is 11.3 Å². The fourth-order valence-corrected chi connectivity index (χ4v) is 4.52. The summed E-state index contributed by atoms with van der Waals surface area (Å²) in [6.07, 6.45) is 3.48. The summed E-state index contributed by atoms with van der Waals surface area (Å²) >= 11 is 1.37. The number of thiazole rings is 1. The number of aromatic nitrogens is 1. The number of benzene rings is 2. The highest BCUT2D eigenvalue weighted by Crippen LogP contribution is 2.21. The lowest BCUT2D eigenvalue weighted by Gasteiger charge is -2.32. The summed E-state index contributed by atoms with van der Waals surface area (Å²) in [4.78, 5) is 29.8. The predicted molar refractivity (Wildman–Crippen MR) is 125 cm³/mol. The molecule has 4 rings (SSSR count). The van der Waals surface area contributed by atoms with Crippen molar-refractivity contribution in [2.75, 3.05) is 0 Å². The van der Waals surface area contributed by atoms with E-state index in [0.29, 0.717) is 22.9 Å². The maximum absolute atomic E-state index is 13.1. The van der Waals surface area contributed by atoms with Crippen LogP contribution in [-0.2, 0) is 6.61 Å². The van der Waals surface area contributed by atoms with Gasteiger partial charge in [0.25, 0.3) is 11.8 Å². The molecule has 33 heavy (non-hydrogen) atoms. The molecule has 3 aromatic rings. The minimum absolute atomic E-state index is 0.190. The number of nitrogens with one attached hydrogen (secondary N) is 2. The van der Waals surface area contributed by atoms with E-state index in [0.717, 1.165) is 37.0 Å². The minimum atomic E-state index is -0.388. The second kappa shape index (κ2) is 10.6. The Hall–Kier alpha value is -3.26. The van der Waals surface area contributed by atoms with Gasteiger partial charge in [-0.05, 0) is 56.2 Å². The van der Waals surface area contributed by atoms with Gasteiger partial charge >= 0.3 is 0 Å². The van der Waals surface area contributed by atoms with Gasteiger partial charge in [-0.1, -0.05) is 30.5 Å². The van der Waals surface area contributed by atoms with Gasteiger partial charge in [-0.2, -0.15) is 0 Å². The summed E-state index contributed by atoms with van der Waals surface area (Å²) in [6.45, 7) is 2.31. The quantitative estimate of drug-likeness (QED) is 0.531. The molecule has 172 valence electrons. The van der Waals surface area contributed by atoms with E-state index in [9.17, 15) is 14.0 Å². The van der Waals surface area contributed by atoms with Crippen LogP contribution in [-0.4, -0.2) is 28.9 Å². The van der Waals surface area contributed by atoms with Crippen LogP contribution in [0.5, 0.6) is 5.75 Å². The van der Waals surface area contributed by atoms with E-state index in [2.05, 4.69) is 15.6 Å². The number of amides is 2. The highest BCUT2D eigenvalue weighted by atomic mass is 32.1. The lowest BCUT2D eigenvalue weighted by Crippen LogP contribution is -2.53. The zero-order valence-corrected chi connectivity index (χ0v) is 19.2. The second-order valence-electron chi connectivity index (χ2n) is 8.18. The largest absolute Gasteiger partial charge is 0.486 e. The van der Waals surface area contributed by atoms with Crippen LogP contribution in [0.1, 0.15) is 57.1 Å². The van der Waals surface area contributed by atoms with E-state index in [-0.39, 0.29) is 29.7 Å². The van der Waals surface area contributed by atoms with Crippen molar-refractivity contribution in [3.05, 3.63) is 81.6 Å². The Kier molecular flexibility index (Phi) is 7.34. The first-order valence-electron chi connectivity index (χ1n) is 11.0. The molecule has 0 aliphatic heterocycles. The second-order valence-corrected chi connectivity index (χ2v) is 9.12. The van der Waals surface area contributed by atoms with Gasteiger partial charge in [0.2, 0.25) is 0 Å². The molecule has 2 N–H and O–H groups in total. The zero-order valence-electron chi connectivity index (χ0n) is 18.3. The van der Waals surface area contributed by atoms with Crippen molar-refractivity contribution in [1.82, 2.24) is 15.6 Å². The molecule has 1 aromatic heterocycles. The Balaban J connectivity index is 1.33. The SMILES string of the molecule is Cc1ccc(OCc2nc(C(=O)N[C@@H]3CCCC[C@@H]3NC(=O)c3ccc(F)cc3)cs2)cc1. The molecule has 0 radical (unpaired) electrons. The van der Waals surface area contributed by atoms with Gasteiger partial charge < -0.3 is 15.4 Å². The smallest absolute Gasteiger partial charge is 0.271 e. The number of carbonyl (C=O) groups excluding carboxylic acids is 2. The molecular weight excluding hydrogens is 441 g/mol. The lowest BCUT2D eigenvalue weighted by molar-refractivity contribution is 0.0860. The molecule has 1 aliphatic carbocycles. The summed E-state index contributed by atoms with van der Waals surface area (Å²) in [6, 6.07) is 12.8. The van der Waals surface area contributed by atoms with Crippen LogP contribution in [0.2, 0.25) is 0 Å². The topological polar surface area (TPSA) is 80.3 Å². The number of aryl methyl sites for hydroxylation is 1. The molecule has 2 atom stereocenters. The Morgan fingerprint density at radius 2 is 1.64 bits per heavy atom. The van der Waals surface area contributed by atoms with Gasteiger partial charge in [0.05, 0.1) is 0 Å². The van der Waals surface area contributed by atoms with Crippen molar-refractivity contribution in [2.24, 2.45) is 0 Å². The van der Waals surface area contributed by atoms with Crippen LogP contribution in [0.3, 0.4) is 0 Å². The maximum atomic E-state index is 13.1. The first kappa shape index (κ1) is 22.9. The van der Waals surface area contributed by atoms with Crippen molar-refractivity contribution in [3.63, 3.8) is 0 Å². The van der Waals surface area contributed by atoms with Crippen molar-refractivity contribution >= 4 is 23.2 Å². The lowest BCUT2D eigenvalue weighted by atomic mass is 9.90. The van der Waals surface area contributed by atoms with Gasteiger partial charge in [-0.3, -0.25) is 9.59 Å². The van der Waals surface area contributed by atoms with Gasteiger partial charge in [-0.25, -0.2) is 9.37 Å². The normalized spacial score (nSPS) is 17.9. The van der Waals surface area contributed by atoms with Crippen LogP contribution in [0.15, 0.2) is 53.9 Å². The molecule has 2 amide bonds. The Morgan fingerprint density at radius 3 is 2.30 bits per heavy atom. The summed E-state index contributed by atoms with van der Waals surface area (Å²) in [5.74, 6) is -0.170. The molecule has 0 saturated heterocycles. The molecule has 1 saturated carbocycles. The number of hydrogen-bond donors (Lipinski definition) is 2. The number of ether oxygens (including phenoxy) is 1. The molecular formula is C25H26FN3O3S. The molecule has 6 nitrogen and oxygen atoms in total. The van der Waals surface area contributed by atoms with Crippen LogP contribution < -0.4 is 15.4 Å². The Bertz CT molecular complexity index is 1100. The average Bonchev–Trinajstić information content (AvgIpc) is 3.30. The first-order valence-corrected chi connectivity index (χ1v) is 11.9. The Labute approximate surface area is 196 Å². The predicted octanol–water partition coefficient (Wildman–Crippen LogP) is 4.64. The summed E-state index contributed by atoms with van der Waals surface area (Å²) < 4.78 is 18.9. The fraction of sp³-hybridized carbons (Fsp3) is 0.320. The number of rotatable bonds is 7. The van der Waals surface area contributed by atoms with E-state index >= 15 is 0 Å². The number of nitrogens with zero attached hydrogens (tertiary/aromatic N) is 1. The summed E-state index contributed by atoms with van der Waals surface area (Å²) in [7, 11) is 0. The molecule has 1 fully saturated rings. The van der Waals surface area contributed by atoms with E-state index in [1.807, 2.05) is 31.2 Å². The third-order valence-electron chi connectivity index (χ3n) is 5.67. The Morgan fingerprint density at radius 1 is 1.00 bits per heavy atom. The summed E-state index contributed by atoms with van der Waals surface area (Å²) in [5.41, 5.74) is 1.90. The highest BCUT2D eigenvalue weighted by Gasteiger charge is 2.29. The molecule has 1 aliphatic rings. The number of halogens is 1. The van der Waals surface area contributed by atoms with Crippen molar-refractivity contribution in [1.29, 1.82) is 0 Å². The zero-order chi connectivity index (χ0) is 23.2. The molecule has 0 spiro atoms. The van der Waals surface area contributed by atoms with Crippen LogP contribution in [0.4, 0.5) is 4.39 Å². The van der Waals surface area contributed by atoms with E-state index in [1.165, 1.54) is 35.6 Å². The van der Waals surface area contributed by atoms with Gasteiger partial charge in [0, 0.05) is 23.0 Å². The third-order valence-corrected chi connectivity index (χ3v) is 6.50. The standard InChI is InChI=1S/C25H26FN3O3S/c1-16-6-12-19(13-7-16)32-14-23-27-22(15-33-23)25(31)29-21-5-3-2-4-20(21)28-24(30)17-8-10-18(26)11-9-17/h6-13,15,20-21H,2-5,14H2,1H3,(H,28,30)(H,29,31)/t20-,21+/m0/s1. The van der Waals surface area contributed by atoms with Crippen LogP contribution in [0.25, 0.3) is 0 Å². The third kappa shape index (κ3) is 6.16. The van der Waals surface area contributed by atoms with E-state index in [1.54, 1.807) is 5.38 Å². The maximum Gasteiger partial charge on any atom is 0.271 e. The molecule has 8 heteroatoms. The highest BCUT2D eigenvalue weighted by molar-refractivity contribution is 7.09.